The molecule has 0 atom stereocenters. The van der Waals surface area contributed by atoms with E-state index in [1.54, 1.807) is 0 Å². The van der Waals surface area contributed by atoms with E-state index in [0.717, 1.165) is 0 Å². The molecule has 78 heteroatoms. The minimum atomic E-state index is -9.32. The number of primary amides is 2. The second kappa shape index (κ2) is 37.4. The number of rotatable bonds is 53. The molecule has 790 valence electrons. The third-order valence-electron chi connectivity index (χ3n) is 17.6. The Bertz CT molecular complexity index is 3330. The van der Waals surface area contributed by atoms with E-state index in [1.165, 1.54) is 0 Å². The number of nitrogens with zero attached hydrogens (tertiary/aromatic N) is 2. The van der Waals surface area contributed by atoms with E-state index < -0.39 is 342 Å². The van der Waals surface area contributed by atoms with Gasteiger partial charge in [-0.2, -0.15) is 299 Å². The summed E-state index contributed by atoms with van der Waals surface area (Å²) in [5.74, 6) is -247. The Morgan fingerprint density at radius 2 is 0.295 bits per heavy atom. The molecule has 0 aromatic rings. The molecule has 0 aliphatic carbocycles. The van der Waals surface area contributed by atoms with E-state index in [1.807, 2.05) is 0 Å². The van der Waals surface area contributed by atoms with Crippen LogP contribution in [0.25, 0.3) is 0 Å². The summed E-state index contributed by atoms with van der Waals surface area (Å²) in [7, 11) is 0. The van der Waals surface area contributed by atoms with Gasteiger partial charge in [0.15, 0.2) is 0 Å². The van der Waals surface area contributed by atoms with Crippen molar-refractivity contribution in [1.29, 1.82) is 0 Å². The molecule has 0 rings (SSSR count). The average molecular weight is 2130 g/mol. The number of hydrogen-bond donors (Lipinski definition) is 2. The van der Waals surface area contributed by atoms with Gasteiger partial charge in [-0.15, -0.1) is 0 Å². The van der Waals surface area contributed by atoms with Gasteiger partial charge in [-0.1, -0.05) is 12.8 Å². The third kappa shape index (κ3) is 20.3. The van der Waals surface area contributed by atoms with Gasteiger partial charge in [-0.25, -0.2) is 9.59 Å². The maximum atomic E-state index is 14.7. The summed E-state index contributed by atoms with van der Waals surface area (Å²) in [5.41, 5.74) is 9.86. The van der Waals surface area contributed by atoms with Gasteiger partial charge in [0.25, 0.3) is 0 Å². The van der Waals surface area contributed by atoms with Gasteiger partial charge in [-0.05, 0) is 12.8 Å². The van der Waals surface area contributed by atoms with E-state index >= 15 is 0 Å². The molecular formula is C54H42F68N4O6. The standard InChI is InChI=1S/C54H42F68N4O6/c55-23(56,27(63,64)31(71,72)35(79,80)39(87,88)43(95,96)47(103,104)51(111,112)113)5-11-129-15-19(16-130-12-6-24(57,58)28(65,66)32(73,74)36(81,82)40(89,90)44(97,98)48(105,106)52(114,115)116)125(21(123)127)9-3-1-2-4-10-126(22(124)128)20(17-131-13-7-25(59,60)29(67,68)33(75,76)37(83,84)41(91,92)45(99,100)49(107,108)53(117,118)119)18-132-14-8-26(61,62)30(69,70)34(77,78)38(85,86)42(93,94)46(101,102)50(109,110)54(120,121)122/h19-20H,1-18H2,(H2,123,127)(H2,124,128). The lowest BCUT2D eigenvalue weighted by Gasteiger charge is -2.42. The highest BCUT2D eigenvalue weighted by atomic mass is 19.5. The summed E-state index contributed by atoms with van der Waals surface area (Å²) in [4.78, 5) is 24.2. The number of unbranched alkanes of at least 4 members (excludes halogenated alkanes) is 3. The number of amides is 4. The first-order valence-electron chi connectivity index (χ1n) is 32.3. The van der Waals surface area contributed by atoms with Crippen LogP contribution in [0.4, 0.5) is 308 Å². The van der Waals surface area contributed by atoms with Crippen molar-refractivity contribution in [2.75, 3.05) is 65.9 Å². The Balaban J connectivity index is 8.06. The molecule has 0 aliphatic heterocycles. The SMILES string of the molecule is NC(=O)N(CCCCCCN(C(N)=O)C(COCCC(F)(F)C(F)(F)C(F)(F)C(F)(F)C(F)(F)C(F)(F)C(F)(F)C(F)(F)F)COCCC(F)(F)C(F)(F)C(F)(F)C(F)(F)C(F)(F)C(F)(F)C(F)(F)C(F)(F)F)C(COCCC(F)(F)C(F)(F)C(F)(F)C(F)(F)C(F)(F)C(F)(F)C(F)(F)C(F)(F)F)COCCC(F)(F)C(F)(F)C(F)(F)C(F)(F)C(F)(F)C(F)(F)C(F)(F)C(F)(F)F. The fraction of sp³-hybridized carbons (Fsp3) is 0.963. The van der Waals surface area contributed by atoms with Crippen LogP contribution in [0.1, 0.15) is 51.4 Å². The molecule has 0 aliphatic rings. The number of nitrogens with two attached hydrogens (primary N) is 2. The van der Waals surface area contributed by atoms with E-state index in [0.29, 0.717) is 0 Å². The molecule has 132 heavy (non-hydrogen) atoms. The van der Waals surface area contributed by atoms with Crippen LogP contribution in [0.5, 0.6) is 0 Å². The monoisotopic (exact) mass is 2130 g/mol. The maximum absolute atomic E-state index is 14.7. The number of alkyl halides is 68. The van der Waals surface area contributed by atoms with Crippen molar-refractivity contribution in [3.8, 4) is 0 Å². The smallest absolute Gasteiger partial charge is 0.379 e. The van der Waals surface area contributed by atoms with Gasteiger partial charge >= 0.3 is 203 Å². The van der Waals surface area contributed by atoms with Crippen molar-refractivity contribution in [3.05, 3.63) is 0 Å². The van der Waals surface area contributed by atoms with Gasteiger partial charge in [0.1, 0.15) is 0 Å². The number of urea groups is 2. The fourth-order valence-electron chi connectivity index (χ4n) is 9.41. The summed E-state index contributed by atoms with van der Waals surface area (Å²) in [5, 5.41) is 0. The summed E-state index contributed by atoms with van der Waals surface area (Å²) >= 11 is 0. The number of hydrogen-bond acceptors (Lipinski definition) is 6. The Morgan fingerprint density at radius 3 is 0.409 bits per heavy atom. The minimum Gasteiger partial charge on any atom is -0.379 e. The second-order valence-electron chi connectivity index (χ2n) is 26.7. The molecule has 0 unspecified atom stereocenters. The van der Waals surface area contributed by atoms with E-state index in [9.17, 15) is 308 Å². The molecule has 0 spiro atoms. The Morgan fingerprint density at radius 1 is 0.182 bits per heavy atom. The first kappa shape index (κ1) is 126. The molecule has 0 radical (unpaired) electrons. The molecule has 0 heterocycles. The summed E-state index contributed by atoms with van der Waals surface area (Å²) < 4.78 is 958. The lowest BCUT2D eigenvalue weighted by Crippen LogP contribution is -2.74. The quantitative estimate of drug-likeness (QED) is 0.0461. The Hall–Kier alpha value is -6.38. The van der Waals surface area contributed by atoms with E-state index in [4.69, 9.17) is 11.5 Å². The zero-order chi connectivity index (χ0) is 107. The van der Waals surface area contributed by atoms with Crippen LogP contribution in [0.15, 0.2) is 0 Å². The topological polar surface area (TPSA) is 130 Å². The molecule has 0 bridgehead atoms. The fourth-order valence-corrected chi connectivity index (χ4v) is 9.41. The summed E-state index contributed by atoms with van der Waals surface area (Å²) in [6, 6.07) is -11.0. The largest absolute Gasteiger partial charge is 0.460 e. The zero-order valence-corrected chi connectivity index (χ0v) is 61.1. The maximum Gasteiger partial charge on any atom is 0.460 e. The normalized spacial score (nSPS) is 16.2. The highest BCUT2D eigenvalue weighted by Crippen LogP contribution is 2.71. The van der Waals surface area contributed by atoms with Crippen LogP contribution in [-0.4, -0.2) is 290 Å². The predicted octanol–water partition coefficient (Wildman–Crippen LogP) is 23.7. The van der Waals surface area contributed by atoms with Crippen molar-refractivity contribution in [2.45, 2.75) is 254 Å². The van der Waals surface area contributed by atoms with Crippen molar-refractivity contribution >= 4 is 12.1 Å². The number of carbonyl (C=O) groups is 2. The Labute approximate surface area is 680 Å². The summed E-state index contributed by atoms with van der Waals surface area (Å²) in [6.07, 6.45) is -52.8. The number of ether oxygens (including phenoxy) is 4. The van der Waals surface area contributed by atoms with E-state index in [2.05, 4.69) is 18.9 Å². The molecule has 0 aromatic heterocycles. The van der Waals surface area contributed by atoms with Gasteiger partial charge in [-0.3, -0.25) is 0 Å². The predicted molar refractivity (Wildman–Crippen MR) is 283 cm³/mol. The molecular weight excluding hydrogens is 2090 g/mol. The third-order valence-corrected chi connectivity index (χ3v) is 17.6. The number of halogens is 68. The second-order valence-corrected chi connectivity index (χ2v) is 26.7. The lowest BCUT2D eigenvalue weighted by molar-refractivity contribution is -0.462. The summed E-state index contributed by atoms with van der Waals surface area (Å²) in [6.45, 7) is -24.4. The molecule has 0 aromatic carbocycles. The molecule has 4 amide bonds. The molecule has 4 N–H and O–H groups in total. The van der Waals surface area contributed by atoms with Gasteiger partial charge < -0.3 is 40.2 Å². The van der Waals surface area contributed by atoms with Crippen molar-refractivity contribution in [3.63, 3.8) is 0 Å². The van der Waals surface area contributed by atoms with E-state index in [-0.39, 0.29) is 0 Å². The molecule has 0 saturated carbocycles. The van der Waals surface area contributed by atoms with Crippen LogP contribution in [-0.2, 0) is 18.9 Å². The molecule has 0 saturated heterocycles. The average Bonchev–Trinajstić information content (AvgIpc) is 0.707. The van der Waals surface area contributed by atoms with Gasteiger partial charge in [0.05, 0.1) is 64.9 Å². The van der Waals surface area contributed by atoms with Crippen LogP contribution in [0.3, 0.4) is 0 Å². The lowest BCUT2D eigenvalue weighted by atomic mass is 9.88. The highest BCUT2D eigenvalue weighted by molar-refractivity contribution is 5.72. The van der Waals surface area contributed by atoms with Crippen molar-refractivity contribution in [2.24, 2.45) is 11.5 Å². The van der Waals surface area contributed by atoms with Crippen LogP contribution in [0, 0.1) is 0 Å². The molecule has 10 nitrogen and oxygen atoms in total. The highest BCUT2D eigenvalue weighted by Gasteiger charge is 3.00. The van der Waals surface area contributed by atoms with Gasteiger partial charge in [0, 0.05) is 38.8 Å². The van der Waals surface area contributed by atoms with Crippen molar-refractivity contribution < 1.29 is 327 Å². The molecule has 0 fully saturated rings. The number of carbonyl (C=O) groups excluding carboxylic acids is 2. The first-order valence-corrected chi connectivity index (χ1v) is 32.3. The van der Waals surface area contributed by atoms with Gasteiger partial charge in [0.2, 0.25) is 0 Å². The van der Waals surface area contributed by atoms with Crippen LogP contribution < -0.4 is 11.5 Å². The minimum absolute atomic E-state index is 0.485. The first-order chi connectivity index (χ1) is 57.0. The van der Waals surface area contributed by atoms with Crippen LogP contribution >= 0.6 is 0 Å². The zero-order valence-electron chi connectivity index (χ0n) is 61.1. The van der Waals surface area contributed by atoms with Crippen molar-refractivity contribution in [1.82, 2.24) is 9.80 Å². The van der Waals surface area contributed by atoms with Crippen LogP contribution in [0.2, 0.25) is 0 Å². The Kier molecular flexibility index (Phi) is 35.6.